The molecule has 0 atom stereocenters. The first-order chi connectivity index (χ1) is 8.94. The van der Waals surface area contributed by atoms with Crippen LogP contribution >= 0.6 is 0 Å². The molecule has 2 aliphatic rings. The zero-order chi connectivity index (χ0) is 13.9. The van der Waals surface area contributed by atoms with E-state index in [0.29, 0.717) is 13.1 Å². The maximum Gasteiger partial charge on any atom is 0.303 e. The van der Waals surface area contributed by atoms with Crippen LogP contribution in [-0.2, 0) is 15.0 Å². The molecule has 0 spiro atoms. The zero-order valence-electron chi connectivity index (χ0n) is 11.1. The summed E-state index contributed by atoms with van der Waals surface area (Å²) >= 11 is 0. The van der Waals surface area contributed by atoms with Crippen molar-refractivity contribution in [2.75, 3.05) is 19.6 Å². The van der Waals surface area contributed by atoms with Gasteiger partial charge in [-0.15, -0.1) is 0 Å². The van der Waals surface area contributed by atoms with Gasteiger partial charge in [0.15, 0.2) is 0 Å². The number of aliphatic carboxylic acids is 1. The Morgan fingerprint density at radius 1 is 1.16 bits per heavy atom. The molecule has 1 aliphatic carbocycles. The van der Waals surface area contributed by atoms with E-state index in [1.807, 2.05) is 0 Å². The molecule has 0 aromatic rings. The molecule has 0 aromatic carbocycles. The van der Waals surface area contributed by atoms with Crippen molar-refractivity contribution in [3.05, 3.63) is 0 Å². The van der Waals surface area contributed by atoms with Crippen LogP contribution in [0.5, 0.6) is 0 Å². The maximum absolute atomic E-state index is 12.1. The lowest BCUT2D eigenvalue weighted by Gasteiger charge is -2.41. The van der Waals surface area contributed by atoms with E-state index in [9.17, 15) is 13.2 Å². The largest absolute Gasteiger partial charge is 0.481 e. The van der Waals surface area contributed by atoms with Gasteiger partial charge in [0.1, 0.15) is 0 Å². The minimum atomic E-state index is -3.44. The molecule has 0 radical (unpaired) electrons. The van der Waals surface area contributed by atoms with Crippen molar-refractivity contribution in [1.29, 1.82) is 0 Å². The van der Waals surface area contributed by atoms with E-state index in [-0.39, 0.29) is 18.4 Å². The Bertz CT molecular complexity index is 425. The van der Waals surface area contributed by atoms with Gasteiger partial charge in [0.25, 0.3) is 10.2 Å². The van der Waals surface area contributed by atoms with Crippen molar-refractivity contribution >= 4 is 16.2 Å². The second-order valence-corrected chi connectivity index (χ2v) is 7.47. The van der Waals surface area contributed by atoms with Crippen LogP contribution in [0.2, 0.25) is 0 Å². The van der Waals surface area contributed by atoms with E-state index in [4.69, 9.17) is 5.11 Å². The Kier molecular flexibility index (Phi) is 4.47. The van der Waals surface area contributed by atoms with Crippen LogP contribution in [0, 0.1) is 5.41 Å². The van der Waals surface area contributed by atoms with Crippen molar-refractivity contribution < 1.29 is 18.3 Å². The highest BCUT2D eigenvalue weighted by atomic mass is 32.2. The minimum Gasteiger partial charge on any atom is -0.481 e. The highest BCUT2D eigenvalue weighted by molar-refractivity contribution is 7.87. The summed E-state index contributed by atoms with van der Waals surface area (Å²) < 4.78 is 28.3. The monoisotopic (exact) mass is 290 g/mol. The zero-order valence-corrected chi connectivity index (χ0v) is 11.9. The summed E-state index contributed by atoms with van der Waals surface area (Å²) in [5, 5.41) is 8.90. The Hall–Kier alpha value is -0.660. The summed E-state index contributed by atoms with van der Waals surface area (Å²) in [5.41, 5.74) is -0.366. The van der Waals surface area contributed by atoms with E-state index >= 15 is 0 Å². The fraction of sp³-hybridized carbons (Fsp3) is 0.917. The standard InChI is InChI=1S/C12H22N2O4S/c15-11(16)9-12(5-4-6-12)10-13-19(17,18)14-7-2-1-3-8-14/h13H,1-10H2,(H,15,16). The molecular formula is C12H22N2O4S. The fourth-order valence-electron chi connectivity index (χ4n) is 2.85. The third kappa shape index (κ3) is 3.67. The first-order valence-electron chi connectivity index (χ1n) is 6.90. The van der Waals surface area contributed by atoms with Crippen molar-refractivity contribution in [3.8, 4) is 0 Å². The molecule has 1 aliphatic heterocycles. The van der Waals surface area contributed by atoms with Crippen molar-refractivity contribution in [2.24, 2.45) is 5.41 Å². The minimum absolute atomic E-state index is 0.0511. The lowest BCUT2D eigenvalue weighted by Crippen LogP contribution is -2.49. The topological polar surface area (TPSA) is 86.7 Å². The molecule has 0 aromatic heterocycles. The summed E-state index contributed by atoms with van der Waals surface area (Å²) in [6, 6.07) is 0. The molecule has 0 unspecified atom stereocenters. The second kappa shape index (κ2) is 5.76. The molecule has 19 heavy (non-hydrogen) atoms. The van der Waals surface area contributed by atoms with Crippen molar-refractivity contribution in [3.63, 3.8) is 0 Å². The third-order valence-electron chi connectivity index (χ3n) is 4.22. The van der Waals surface area contributed by atoms with Gasteiger partial charge in [-0.3, -0.25) is 4.79 Å². The number of hydrogen-bond acceptors (Lipinski definition) is 3. The van der Waals surface area contributed by atoms with E-state index in [1.165, 1.54) is 4.31 Å². The van der Waals surface area contributed by atoms with Crippen LogP contribution < -0.4 is 4.72 Å². The average molecular weight is 290 g/mol. The van der Waals surface area contributed by atoms with Crippen LogP contribution in [0.4, 0.5) is 0 Å². The third-order valence-corrected chi connectivity index (χ3v) is 5.78. The summed E-state index contributed by atoms with van der Waals surface area (Å²) in [7, 11) is -3.44. The van der Waals surface area contributed by atoms with Crippen molar-refractivity contribution in [1.82, 2.24) is 9.03 Å². The number of hydrogen-bond donors (Lipinski definition) is 2. The molecule has 2 rings (SSSR count). The molecule has 1 saturated carbocycles. The molecule has 0 bridgehead atoms. The molecular weight excluding hydrogens is 268 g/mol. The molecule has 1 saturated heterocycles. The van der Waals surface area contributed by atoms with Gasteiger partial charge in [-0.1, -0.05) is 12.8 Å². The average Bonchev–Trinajstić information content (AvgIpc) is 2.33. The van der Waals surface area contributed by atoms with Gasteiger partial charge in [0.05, 0.1) is 6.42 Å². The molecule has 2 fully saturated rings. The maximum atomic E-state index is 12.1. The highest BCUT2D eigenvalue weighted by Crippen LogP contribution is 2.43. The number of rotatable bonds is 6. The van der Waals surface area contributed by atoms with Gasteiger partial charge < -0.3 is 5.11 Å². The molecule has 2 N–H and O–H groups in total. The molecule has 1 heterocycles. The lowest BCUT2D eigenvalue weighted by atomic mass is 9.67. The second-order valence-electron chi connectivity index (χ2n) is 5.71. The van der Waals surface area contributed by atoms with E-state index in [1.54, 1.807) is 0 Å². The number of carboxylic acids is 1. The summed E-state index contributed by atoms with van der Waals surface area (Å²) in [4.78, 5) is 10.8. The molecule has 6 nitrogen and oxygen atoms in total. The van der Waals surface area contributed by atoms with Crippen LogP contribution in [0.1, 0.15) is 44.9 Å². The quantitative estimate of drug-likeness (QED) is 0.762. The van der Waals surface area contributed by atoms with Gasteiger partial charge in [-0.25, -0.2) is 4.72 Å². The fourth-order valence-corrected chi connectivity index (χ4v) is 4.26. The lowest BCUT2D eigenvalue weighted by molar-refractivity contribution is -0.141. The Balaban J connectivity index is 1.91. The molecule has 110 valence electrons. The van der Waals surface area contributed by atoms with Crippen LogP contribution in [0.15, 0.2) is 0 Å². The summed E-state index contributed by atoms with van der Waals surface area (Å²) in [6.07, 6.45) is 5.51. The first kappa shape index (κ1) is 14.7. The Labute approximate surface area is 114 Å². The van der Waals surface area contributed by atoms with Crippen LogP contribution in [0.25, 0.3) is 0 Å². The number of carboxylic acid groups (broad SMARTS) is 1. The molecule has 0 amide bonds. The molecule has 7 heteroatoms. The first-order valence-corrected chi connectivity index (χ1v) is 8.34. The SMILES string of the molecule is O=C(O)CC1(CNS(=O)(=O)N2CCCCC2)CCC1. The number of nitrogens with one attached hydrogen (secondary N) is 1. The summed E-state index contributed by atoms with van der Waals surface area (Å²) in [5.74, 6) is -0.850. The van der Waals surface area contributed by atoms with E-state index < -0.39 is 16.2 Å². The normalized spacial score (nSPS) is 23.8. The predicted molar refractivity (Wildman–Crippen MR) is 70.9 cm³/mol. The van der Waals surface area contributed by atoms with Crippen LogP contribution in [0.3, 0.4) is 0 Å². The van der Waals surface area contributed by atoms with Gasteiger partial charge in [0, 0.05) is 19.6 Å². The van der Waals surface area contributed by atoms with E-state index in [0.717, 1.165) is 38.5 Å². The van der Waals surface area contributed by atoms with Gasteiger partial charge in [-0.05, 0) is 31.1 Å². The Morgan fingerprint density at radius 3 is 2.26 bits per heavy atom. The number of piperidine rings is 1. The van der Waals surface area contributed by atoms with E-state index in [2.05, 4.69) is 4.72 Å². The van der Waals surface area contributed by atoms with Gasteiger partial charge in [-0.2, -0.15) is 12.7 Å². The highest BCUT2D eigenvalue weighted by Gasteiger charge is 2.40. The summed E-state index contributed by atoms with van der Waals surface area (Å²) in [6.45, 7) is 1.39. The smallest absolute Gasteiger partial charge is 0.303 e. The van der Waals surface area contributed by atoms with Gasteiger partial charge >= 0.3 is 5.97 Å². The van der Waals surface area contributed by atoms with Gasteiger partial charge in [0.2, 0.25) is 0 Å². The number of carbonyl (C=O) groups is 1. The van der Waals surface area contributed by atoms with Crippen molar-refractivity contribution in [2.45, 2.75) is 44.9 Å². The Morgan fingerprint density at radius 2 is 1.79 bits per heavy atom. The predicted octanol–water partition coefficient (Wildman–Crippen LogP) is 0.952. The number of nitrogens with zero attached hydrogens (tertiary/aromatic N) is 1. The van der Waals surface area contributed by atoms with Crippen LogP contribution in [-0.4, -0.2) is 43.4 Å².